The molecule has 0 saturated carbocycles. The second-order valence-electron chi connectivity index (χ2n) is 4.41. The van der Waals surface area contributed by atoms with Crippen molar-refractivity contribution < 1.29 is 0 Å². The highest BCUT2D eigenvalue weighted by Crippen LogP contribution is 2.19. The number of aromatic nitrogens is 3. The lowest BCUT2D eigenvalue weighted by atomic mass is 10.0. The average molecular weight is 242 g/mol. The first-order valence-corrected chi connectivity index (χ1v) is 5.97. The van der Waals surface area contributed by atoms with Crippen LogP contribution in [0.25, 0.3) is 16.6 Å². The molecule has 3 heterocycles. The van der Waals surface area contributed by atoms with E-state index in [1.165, 1.54) is 6.33 Å². The van der Waals surface area contributed by atoms with Crippen LogP contribution in [0.1, 0.15) is 12.0 Å². The zero-order chi connectivity index (χ0) is 12.5. The van der Waals surface area contributed by atoms with Crippen molar-refractivity contribution in [3.63, 3.8) is 0 Å². The van der Waals surface area contributed by atoms with Crippen LogP contribution < -0.4 is 10.9 Å². The van der Waals surface area contributed by atoms with Crippen molar-refractivity contribution in [2.24, 2.45) is 7.05 Å². The van der Waals surface area contributed by atoms with Crippen molar-refractivity contribution in [1.29, 1.82) is 0 Å². The first-order valence-electron chi connectivity index (χ1n) is 5.97. The van der Waals surface area contributed by atoms with E-state index >= 15 is 0 Å². The highest BCUT2D eigenvalue weighted by atomic mass is 16.1. The van der Waals surface area contributed by atoms with Gasteiger partial charge >= 0.3 is 0 Å². The minimum atomic E-state index is 0.00866. The Morgan fingerprint density at radius 3 is 3.11 bits per heavy atom. The molecule has 1 aliphatic heterocycles. The number of nitrogens with one attached hydrogen (secondary N) is 1. The van der Waals surface area contributed by atoms with Gasteiger partial charge in [0, 0.05) is 30.7 Å². The van der Waals surface area contributed by atoms with Crippen LogP contribution >= 0.6 is 0 Å². The molecule has 2 aromatic heterocycles. The van der Waals surface area contributed by atoms with Crippen LogP contribution in [0.4, 0.5) is 0 Å². The number of rotatable bonds is 1. The normalized spacial score (nSPS) is 15.7. The van der Waals surface area contributed by atoms with Gasteiger partial charge in [0.1, 0.15) is 12.0 Å². The monoisotopic (exact) mass is 242 g/mol. The fraction of sp³-hybridized carbons (Fsp3) is 0.308. The molecule has 92 valence electrons. The maximum absolute atomic E-state index is 12.3. The molecular formula is C13H14N4O. The molecule has 0 aromatic carbocycles. The van der Waals surface area contributed by atoms with Crippen molar-refractivity contribution in [1.82, 2.24) is 19.9 Å². The standard InChI is InChI=1S/C13H14N4O/c1-17-12-10(7-15-8-16-12)6-11(13(17)18)9-2-4-14-5-3-9/h2,6-8,14H,3-5H2,1H3. The summed E-state index contributed by atoms with van der Waals surface area (Å²) in [7, 11) is 1.75. The minimum Gasteiger partial charge on any atom is -0.313 e. The van der Waals surface area contributed by atoms with Crippen LogP contribution in [0, 0.1) is 0 Å². The van der Waals surface area contributed by atoms with Crippen LogP contribution in [0.5, 0.6) is 0 Å². The van der Waals surface area contributed by atoms with Crippen LogP contribution in [0.2, 0.25) is 0 Å². The van der Waals surface area contributed by atoms with Gasteiger partial charge in [-0.15, -0.1) is 0 Å². The summed E-state index contributed by atoms with van der Waals surface area (Å²) in [5.41, 5.74) is 2.56. The van der Waals surface area contributed by atoms with E-state index in [-0.39, 0.29) is 5.56 Å². The van der Waals surface area contributed by atoms with Gasteiger partial charge in [-0.3, -0.25) is 9.36 Å². The van der Waals surface area contributed by atoms with Crippen molar-refractivity contribution in [2.75, 3.05) is 13.1 Å². The van der Waals surface area contributed by atoms with E-state index in [0.717, 1.165) is 36.0 Å². The highest BCUT2D eigenvalue weighted by molar-refractivity contribution is 5.79. The number of pyridine rings is 1. The molecule has 18 heavy (non-hydrogen) atoms. The van der Waals surface area contributed by atoms with E-state index < -0.39 is 0 Å². The Balaban J connectivity index is 2.27. The summed E-state index contributed by atoms with van der Waals surface area (Å²) in [6.45, 7) is 1.74. The van der Waals surface area contributed by atoms with Crippen molar-refractivity contribution in [2.45, 2.75) is 6.42 Å². The summed E-state index contributed by atoms with van der Waals surface area (Å²) < 4.78 is 1.59. The van der Waals surface area contributed by atoms with Crippen LogP contribution in [0.3, 0.4) is 0 Å². The smallest absolute Gasteiger partial charge is 0.259 e. The average Bonchev–Trinajstić information content (AvgIpc) is 2.44. The topological polar surface area (TPSA) is 59.8 Å². The van der Waals surface area contributed by atoms with Crippen molar-refractivity contribution >= 4 is 16.6 Å². The molecule has 0 unspecified atom stereocenters. The van der Waals surface area contributed by atoms with Gasteiger partial charge < -0.3 is 5.32 Å². The first-order chi connectivity index (χ1) is 8.77. The van der Waals surface area contributed by atoms with E-state index in [4.69, 9.17) is 0 Å². The van der Waals surface area contributed by atoms with Gasteiger partial charge in [0.25, 0.3) is 5.56 Å². The molecule has 0 bridgehead atoms. The van der Waals surface area contributed by atoms with Crippen molar-refractivity contribution in [3.05, 3.63) is 40.6 Å². The largest absolute Gasteiger partial charge is 0.313 e. The maximum Gasteiger partial charge on any atom is 0.259 e. The second-order valence-corrected chi connectivity index (χ2v) is 4.41. The number of nitrogens with zero attached hydrogens (tertiary/aromatic N) is 3. The lowest BCUT2D eigenvalue weighted by Gasteiger charge is -2.15. The quantitative estimate of drug-likeness (QED) is 0.800. The fourth-order valence-corrected chi connectivity index (χ4v) is 2.31. The molecule has 5 nitrogen and oxygen atoms in total. The van der Waals surface area contributed by atoms with Gasteiger partial charge in [-0.25, -0.2) is 9.97 Å². The zero-order valence-corrected chi connectivity index (χ0v) is 10.2. The number of fused-ring (bicyclic) bond motifs is 1. The molecule has 2 aromatic rings. The Labute approximate surface area is 104 Å². The Bertz CT molecular complexity index is 687. The number of hydrogen-bond acceptors (Lipinski definition) is 4. The summed E-state index contributed by atoms with van der Waals surface area (Å²) >= 11 is 0. The van der Waals surface area contributed by atoms with Crippen molar-refractivity contribution in [3.8, 4) is 0 Å². The van der Waals surface area contributed by atoms with E-state index in [2.05, 4.69) is 21.4 Å². The Morgan fingerprint density at radius 2 is 2.33 bits per heavy atom. The number of aryl methyl sites for hydroxylation is 1. The van der Waals surface area contributed by atoms with E-state index in [1.807, 2.05) is 6.07 Å². The molecule has 1 N–H and O–H groups in total. The SMILES string of the molecule is Cn1c(=O)c(C2=CCNCC2)cc2cncnc21. The molecule has 0 radical (unpaired) electrons. The predicted molar refractivity (Wildman–Crippen MR) is 70.2 cm³/mol. The van der Waals surface area contributed by atoms with Gasteiger partial charge in [-0.2, -0.15) is 0 Å². The zero-order valence-electron chi connectivity index (χ0n) is 10.2. The molecule has 5 heteroatoms. The Kier molecular flexibility index (Phi) is 2.68. The first kappa shape index (κ1) is 11.1. The molecule has 0 aliphatic carbocycles. The van der Waals surface area contributed by atoms with Crippen LogP contribution in [-0.4, -0.2) is 27.6 Å². The predicted octanol–water partition coefficient (Wildman–Crippen LogP) is 0.705. The third kappa shape index (κ3) is 1.73. The van der Waals surface area contributed by atoms with Gasteiger partial charge in [0.2, 0.25) is 0 Å². The highest BCUT2D eigenvalue weighted by Gasteiger charge is 2.13. The minimum absolute atomic E-state index is 0.00866. The molecule has 0 saturated heterocycles. The van der Waals surface area contributed by atoms with Gasteiger partial charge in [0.15, 0.2) is 0 Å². The molecule has 0 spiro atoms. The third-order valence-electron chi connectivity index (χ3n) is 3.28. The van der Waals surface area contributed by atoms with Crippen LogP contribution in [-0.2, 0) is 7.05 Å². The van der Waals surface area contributed by atoms with E-state index in [1.54, 1.807) is 17.8 Å². The summed E-state index contributed by atoms with van der Waals surface area (Å²) in [6.07, 6.45) is 6.17. The molecule has 0 fully saturated rings. The molecule has 3 rings (SSSR count). The lowest BCUT2D eigenvalue weighted by molar-refractivity contribution is 0.736. The second kappa shape index (κ2) is 4.34. The summed E-state index contributed by atoms with van der Waals surface area (Å²) in [6, 6.07) is 1.90. The van der Waals surface area contributed by atoms with Gasteiger partial charge in [-0.05, 0) is 24.6 Å². The maximum atomic E-state index is 12.3. The number of hydrogen-bond donors (Lipinski definition) is 1. The fourth-order valence-electron chi connectivity index (χ4n) is 2.31. The molecule has 0 amide bonds. The summed E-state index contributed by atoms with van der Waals surface area (Å²) in [5, 5.41) is 4.14. The summed E-state index contributed by atoms with van der Waals surface area (Å²) in [5.74, 6) is 0. The van der Waals surface area contributed by atoms with E-state index in [0.29, 0.717) is 5.65 Å². The van der Waals surface area contributed by atoms with E-state index in [9.17, 15) is 4.79 Å². The van der Waals surface area contributed by atoms with Crippen LogP contribution in [0.15, 0.2) is 29.5 Å². The molecule has 0 atom stereocenters. The third-order valence-corrected chi connectivity index (χ3v) is 3.28. The Morgan fingerprint density at radius 1 is 1.44 bits per heavy atom. The lowest BCUT2D eigenvalue weighted by Crippen LogP contribution is -2.25. The molecule has 1 aliphatic rings. The molecular weight excluding hydrogens is 228 g/mol. The summed E-state index contributed by atoms with van der Waals surface area (Å²) in [4.78, 5) is 20.5. The van der Waals surface area contributed by atoms with Gasteiger partial charge in [0.05, 0.1) is 0 Å². The van der Waals surface area contributed by atoms with Gasteiger partial charge in [-0.1, -0.05) is 6.08 Å². The Hall–Kier alpha value is -2.01.